The Hall–Kier alpha value is -3.70. The number of carbonyl (C=O) groups is 2. The van der Waals surface area contributed by atoms with Gasteiger partial charge in [0.05, 0.1) is 33.3 Å². The topological polar surface area (TPSA) is 113 Å². The van der Waals surface area contributed by atoms with Crippen LogP contribution in [0.25, 0.3) is 0 Å². The predicted molar refractivity (Wildman–Crippen MR) is 118 cm³/mol. The molecule has 1 atom stereocenters. The van der Waals surface area contributed by atoms with Crippen LogP contribution in [0.1, 0.15) is 35.7 Å². The summed E-state index contributed by atoms with van der Waals surface area (Å²) in [6.45, 7) is 3.06. The van der Waals surface area contributed by atoms with Gasteiger partial charge in [-0.15, -0.1) is 0 Å². The third-order valence-electron chi connectivity index (χ3n) is 4.91. The Bertz CT molecular complexity index is 1160. The predicted octanol–water partition coefficient (Wildman–Crippen LogP) is 4.50. The van der Waals surface area contributed by atoms with Crippen LogP contribution < -0.4 is 5.32 Å². The second kappa shape index (κ2) is 9.41. The van der Waals surface area contributed by atoms with E-state index in [0.29, 0.717) is 21.9 Å². The number of rotatable bonds is 7. The zero-order valence-electron chi connectivity index (χ0n) is 16.9. The standard InChI is InChI=1S/C23H19N3O4S/c1-14-21(15(2)27)22(17-10-6-7-11-19(17)26(29)30)18(12-24)23(25-14)31-13-20(28)16-8-4-3-5-9-16/h3-11,22,25H,13H2,1-2H3. The Morgan fingerprint density at radius 2 is 1.81 bits per heavy atom. The molecule has 1 aliphatic rings. The van der Waals surface area contributed by atoms with Gasteiger partial charge >= 0.3 is 0 Å². The molecule has 31 heavy (non-hydrogen) atoms. The quantitative estimate of drug-likeness (QED) is 0.389. The van der Waals surface area contributed by atoms with E-state index in [2.05, 4.69) is 11.4 Å². The average Bonchev–Trinajstić information content (AvgIpc) is 2.77. The lowest BCUT2D eigenvalue weighted by Gasteiger charge is -2.29. The summed E-state index contributed by atoms with van der Waals surface area (Å²) in [4.78, 5) is 36.0. The van der Waals surface area contributed by atoms with E-state index >= 15 is 0 Å². The van der Waals surface area contributed by atoms with Gasteiger partial charge in [-0.25, -0.2) is 0 Å². The molecule has 0 aromatic heterocycles. The molecule has 8 heteroatoms. The van der Waals surface area contributed by atoms with Crippen molar-refractivity contribution >= 4 is 29.0 Å². The van der Waals surface area contributed by atoms with Crippen molar-refractivity contribution in [1.29, 1.82) is 5.26 Å². The molecule has 0 spiro atoms. The van der Waals surface area contributed by atoms with Crippen LogP contribution in [-0.4, -0.2) is 22.2 Å². The number of benzene rings is 2. The van der Waals surface area contributed by atoms with Crippen LogP contribution in [0.15, 0.2) is 76.5 Å². The largest absolute Gasteiger partial charge is 0.353 e. The molecule has 1 unspecified atom stereocenters. The number of thioether (sulfide) groups is 1. The van der Waals surface area contributed by atoms with Crippen LogP contribution in [-0.2, 0) is 4.79 Å². The number of para-hydroxylation sites is 1. The smallest absolute Gasteiger partial charge is 0.273 e. The number of hydrogen-bond acceptors (Lipinski definition) is 7. The average molecular weight is 433 g/mol. The van der Waals surface area contributed by atoms with Crippen molar-refractivity contribution in [3.63, 3.8) is 0 Å². The van der Waals surface area contributed by atoms with Gasteiger partial charge in [-0.3, -0.25) is 19.7 Å². The fraction of sp³-hybridized carbons (Fsp3) is 0.174. The normalized spacial score (nSPS) is 15.8. The van der Waals surface area contributed by atoms with Crippen molar-refractivity contribution in [3.8, 4) is 6.07 Å². The highest BCUT2D eigenvalue weighted by atomic mass is 32.2. The van der Waals surface area contributed by atoms with E-state index in [0.717, 1.165) is 11.8 Å². The van der Waals surface area contributed by atoms with E-state index in [1.54, 1.807) is 43.3 Å². The molecular weight excluding hydrogens is 414 g/mol. The molecule has 0 aliphatic carbocycles. The van der Waals surface area contributed by atoms with E-state index in [-0.39, 0.29) is 34.1 Å². The first kappa shape index (κ1) is 22.0. The minimum atomic E-state index is -0.889. The molecule has 0 amide bonds. The van der Waals surface area contributed by atoms with Gasteiger partial charge in [0.25, 0.3) is 5.69 Å². The lowest BCUT2D eigenvalue weighted by molar-refractivity contribution is -0.385. The fourth-order valence-electron chi connectivity index (χ4n) is 3.55. The Balaban J connectivity index is 2.05. The molecule has 0 fully saturated rings. The van der Waals surface area contributed by atoms with Gasteiger partial charge in [0.2, 0.25) is 0 Å². The number of allylic oxidation sites excluding steroid dienone is 3. The van der Waals surface area contributed by atoms with Crippen molar-refractivity contribution in [2.24, 2.45) is 0 Å². The molecule has 2 aromatic rings. The first-order chi connectivity index (χ1) is 14.8. The molecule has 156 valence electrons. The van der Waals surface area contributed by atoms with E-state index < -0.39 is 10.8 Å². The van der Waals surface area contributed by atoms with Crippen molar-refractivity contribution in [1.82, 2.24) is 5.32 Å². The summed E-state index contributed by atoms with van der Waals surface area (Å²) in [6, 6.07) is 17.0. The van der Waals surface area contributed by atoms with Gasteiger partial charge in [-0.2, -0.15) is 5.26 Å². The number of nitro benzene ring substituents is 1. The van der Waals surface area contributed by atoms with E-state index in [4.69, 9.17) is 0 Å². The lowest BCUT2D eigenvalue weighted by Crippen LogP contribution is -2.27. The summed E-state index contributed by atoms with van der Waals surface area (Å²) in [7, 11) is 0. The number of hydrogen-bond donors (Lipinski definition) is 1. The molecular formula is C23H19N3O4S. The van der Waals surface area contributed by atoms with E-state index in [1.165, 1.54) is 19.1 Å². The molecule has 3 rings (SSSR count). The Labute approximate surface area is 183 Å². The minimum Gasteiger partial charge on any atom is -0.353 e. The SMILES string of the molecule is CC(=O)C1=C(C)NC(SCC(=O)c2ccccc2)=C(C#N)C1c1ccccc1[N+](=O)[O-]. The number of ketones is 2. The number of nitro groups is 1. The van der Waals surface area contributed by atoms with E-state index in [1.807, 2.05) is 6.07 Å². The third-order valence-corrected chi connectivity index (χ3v) is 5.93. The molecule has 0 radical (unpaired) electrons. The highest BCUT2D eigenvalue weighted by molar-refractivity contribution is 8.03. The number of nitrogens with one attached hydrogen (secondary N) is 1. The van der Waals surface area contributed by atoms with Crippen LogP contribution in [0, 0.1) is 21.4 Å². The monoisotopic (exact) mass is 433 g/mol. The minimum absolute atomic E-state index is 0.0732. The number of carbonyl (C=O) groups excluding carboxylic acids is 2. The maximum atomic E-state index is 12.5. The zero-order valence-corrected chi connectivity index (χ0v) is 17.7. The van der Waals surface area contributed by atoms with Crippen LogP contribution >= 0.6 is 11.8 Å². The second-order valence-electron chi connectivity index (χ2n) is 6.90. The molecule has 0 saturated carbocycles. The summed E-state index contributed by atoms with van der Waals surface area (Å²) < 4.78 is 0. The van der Waals surface area contributed by atoms with Crippen LogP contribution in [0.4, 0.5) is 5.69 Å². The zero-order chi connectivity index (χ0) is 22.5. The Kier molecular flexibility index (Phi) is 6.68. The molecule has 1 heterocycles. The lowest BCUT2D eigenvalue weighted by atomic mass is 9.80. The second-order valence-corrected chi connectivity index (χ2v) is 7.89. The van der Waals surface area contributed by atoms with Gasteiger partial charge in [0.1, 0.15) is 0 Å². The van der Waals surface area contributed by atoms with Gasteiger partial charge < -0.3 is 5.32 Å². The summed E-state index contributed by atoms with van der Waals surface area (Å²) >= 11 is 1.14. The number of dihydropyridines is 1. The number of Topliss-reactive ketones (excluding diaryl/α,β-unsaturated/α-hetero) is 2. The molecule has 2 aromatic carbocycles. The molecule has 1 aliphatic heterocycles. The maximum Gasteiger partial charge on any atom is 0.273 e. The molecule has 0 bridgehead atoms. The highest BCUT2D eigenvalue weighted by Crippen LogP contribution is 2.43. The van der Waals surface area contributed by atoms with Gasteiger partial charge in [0, 0.05) is 28.5 Å². The maximum absolute atomic E-state index is 12.5. The van der Waals surface area contributed by atoms with Crippen molar-refractivity contribution in [2.75, 3.05) is 5.75 Å². The van der Waals surface area contributed by atoms with Gasteiger partial charge in [0.15, 0.2) is 11.6 Å². The molecule has 7 nitrogen and oxygen atoms in total. The first-order valence-electron chi connectivity index (χ1n) is 9.42. The van der Waals surface area contributed by atoms with Gasteiger partial charge in [-0.05, 0) is 13.8 Å². The number of nitriles is 1. The van der Waals surface area contributed by atoms with E-state index in [9.17, 15) is 25.0 Å². The molecule has 1 N–H and O–H groups in total. The third kappa shape index (κ3) is 4.57. The Morgan fingerprint density at radius 1 is 1.16 bits per heavy atom. The van der Waals surface area contributed by atoms with Crippen molar-refractivity contribution in [3.05, 3.63) is 97.7 Å². The summed E-state index contributed by atoms with van der Waals surface area (Å²) in [5.74, 6) is -1.22. The summed E-state index contributed by atoms with van der Waals surface area (Å²) in [6.07, 6.45) is 0. The van der Waals surface area contributed by atoms with Crippen LogP contribution in [0.5, 0.6) is 0 Å². The Morgan fingerprint density at radius 3 is 2.42 bits per heavy atom. The van der Waals surface area contributed by atoms with Crippen molar-refractivity contribution < 1.29 is 14.5 Å². The van der Waals surface area contributed by atoms with Gasteiger partial charge in [-0.1, -0.05) is 60.3 Å². The molecule has 0 saturated heterocycles. The highest BCUT2D eigenvalue weighted by Gasteiger charge is 2.36. The first-order valence-corrected chi connectivity index (χ1v) is 10.4. The van der Waals surface area contributed by atoms with Crippen LogP contribution in [0.3, 0.4) is 0 Å². The van der Waals surface area contributed by atoms with Crippen molar-refractivity contribution in [2.45, 2.75) is 19.8 Å². The fourth-order valence-corrected chi connectivity index (χ4v) is 4.53. The summed E-state index contributed by atoms with van der Waals surface area (Å²) in [5.41, 5.74) is 1.63. The number of nitrogens with zero attached hydrogens (tertiary/aromatic N) is 2. The summed E-state index contributed by atoms with van der Waals surface area (Å²) in [5, 5.41) is 25.0. The van der Waals surface area contributed by atoms with Crippen LogP contribution in [0.2, 0.25) is 0 Å².